The summed E-state index contributed by atoms with van der Waals surface area (Å²) in [6, 6.07) is 0. The van der Waals surface area contributed by atoms with Gasteiger partial charge in [0.2, 0.25) is 5.91 Å². The van der Waals surface area contributed by atoms with Crippen molar-refractivity contribution in [2.45, 2.75) is 0 Å². The van der Waals surface area contributed by atoms with E-state index in [1.54, 1.807) is 6.08 Å². The lowest BCUT2D eigenvalue weighted by Gasteiger charge is -1.93. The van der Waals surface area contributed by atoms with E-state index in [2.05, 4.69) is 14.9 Å². The van der Waals surface area contributed by atoms with Gasteiger partial charge in [-0.2, -0.15) is 0 Å². The number of nitrogens with two attached hydrogens (primary N) is 1. The molecule has 0 spiro atoms. The molecule has 1 rings (SSSR count). The summed E-state index contributed by atoms with van der Waals surface area (Å²) >= 11 is 1.13. The Hall–Kier alpha value is -1.27. The molecule has 1 amide bonds. The third-order valence-electron chi connectivity index (χ3n) is 1.01. The summed E-state index contributed by atoms with van der Waals surface area (Å²) in [7, 11) is 0. The monoisotopic (exact) mass is 184 g/mol. The van der Waals surface area contributed by atoms with E-state index in [1.165, 1.54) is 12.3 Å². The highest BCUT2D eigenvalue weighted by molar-refractivity contribution is 7.10. The standard InChI is InChI=1S/C6H8N4OS/c7-3-1-2-5(11)9-6-4-8-10-12-6/h1-2,4H,3,7H2,(H,9,11)/b2-1+. The van der Waals surface area contributed by atoms with Crippen LogP contribution in [0, 0.1) is 0 Å². The topological polar surface area (TPSA) is 80.9 Å². The number of aromatic nitrogens is 2. The van der Waals surface area contributed by atoms with E-state index < -0.39 is 0 Å². The Morgan fingerprint density at radius 2 is 2.67 bits per heavy atom. The number of amides is 1. The Kier molecular flexibility index (Phi) is 3.36. The van der Waals surface area contributed by atoms with Crippen LogP contribution < -0.4 is 11.1 Å². The second-order valence-corrected chi connectivity index (χ2v) is 2.69. The second kappa shape index (κ2) is 4.58. The predicted molar refractivity (Wildman–Crippen MR) is 46.7 cm³/mol. The molecule has 64 valence electrons. The molecule has 1 heterocycles. The van der Waals surface area contributed by atoms with Crippen molar-refractivity contribution in [2.24, 2.45) is 5.73 Å². The molecule has 0 bridgehead atoms. The van der Waals surface area contributed by atoms with Gasteiger partial charge in [0.25, 0.3) is 0 Å². The molecule has 0 atom stereocenters. The summed E-state index contributed by atoms with van der Waals surface area (Å²) < 4.78 is 3.58. The van der Waals surface area contributed by atoms with Gasteiger partial charge in [-0.15, -0.1) is 5.10 Å². The van der Waals surface area contributed by atoms with Crippen LogP contribution in [-0.2, 0) is 4.79 Å². The Morgan fingerprint density at radius 3 is 3.25 bits per heavy atom. The highest BCUT2D eigenvalue weighted by Crippen LogP contribution is 2.08. The molecule has 1 aromatic rings. The van der Waals surface area contributed by atoms with E-state index in [0.717, 1.165) is 11.5 Å². The zero-order valence-electron chi connectivity index (χ0n) is 6.23. The maximum Gasteiger partial charge on any atom is 0.248 e. The number of carbonyl (C=O) groups is 1. The number of anilines is 1. The van der Waals surface area contributed by atoms with Crippen molar-refractivity contribution in [1.29, 1.82) is 0 Å². The largest absolute Gasteiger partial charge is 0.327 e. The minimum absolute atomic E-state index is 0.216. The lowest BCUT2D eigenvalue weighted by Crippen LogP contribution is -2.07. The Labute approximate surface area is 73.4 Å². The molecule has 0 fully saturated rings. The first kappa shape index (κ1) is 8.82. The minimum Gasteiger partial charge on any atom is -0.327 e. The average Bonchev–Trinajstić information content (AvgIpc) is 2.53. The molecule has 0 aromatic carbocycles. The van der Waals surface area contributed by atoms with E-state index in [4.69, 9.17) is 5.73 Å². The van der Waals surface area contributed by atoms with Crippen LogP contribution in [-0.4, -0.2) is 22.0 Å². The molecule has 1 aromatic heterocycles. The van der Waals surface area contributed by atoms with Gasteiger partial charge in [-0.3, -0.25) is 4.79 Å². The van der Waals surface area contributed by atoms with E-state index >= 15 is 0 Å². The van der Waals surface area contributed by atoms with Gasteiger partial charge in [-0.05, 0) is 0 Å². The normalized spacial score (nSPS) is 10.4. The maximum atomic E-state index is 11.0. The van der Waals surface area contributed by atoms with Crippen molar-refractivity contribution in [3.8, 4) is 0 Å². The summed E-state index contributed by atoms with van der Waals surface area (Å²) in [6.07, 6.45) is 4.43. The number of nitrogens with one attached hydrogen (secondary N) is 1. The number of hydrogen-bond acceptors (Lipinski definition) is 5. The minimum atomic E-state index is -0.216. The smallest absolute Gasteiger partial charge is 0.248 e. The first-order valence-corrected chi connectivity index (χ1v) is 4.05. The Balaban J connectivity index is 2.42. The van der Waals surface area contributed by atoms with Crippen molar-refractivity contribution in [3.63, 3.8) is 0 Å². The first-order chi connectivity index (χ1) is 5.83. The second-order valence-electron chi connectivity index (χ2n) is 1.91. The van der Waals surface area contributed by atoms with Gasteiger partial charge in [-0.1, -0.05) is 10.6 Å². The third-order valence-corrected chi connectivity index (χ3v) is 1.59. The Bertz CT molecular complexity index is 269. The SMILES string of the molecule is NC/C=C/C(=O)Nc1cnns1. The molecule has 0 unspecified atom stereocenters. The molecule has 0 aliphatic heterocycles. The van der Waals surface area contributed by atoms with Crippen LogP contribution >= 0.6 is 11.5 Å². The molecule has 0 saturated heterocycles. The molecule has 0 aliphatic carbocycles. The molecular weight excluding hydrogens is 176 g/mol. The molecule has 0 aliphatic rings. The summed E-state index contributed by atoms with van der Waals surface area (Å²) in [5.41, 5.74) is 5.16. The van der Waals surface area contributed by atoms with Crippen LogP contribution in [0.1, 0.15) is 0 Å². The fourth-order valence-electron chi connectivity index (χ4n) is 0.560. The molecule has 0 radical (unpaired) electrons. The molecule has 5 nitrogen and oxygen atoms in total. The van der Waals surface area contributed by atoms with E-state index in [1.807, 2.05) is 0 Å². The summed E-state index contributed by atoms with van der Waals surface area (Å²) in [6.45, 7) is 0.356. The molecule has 3 N–H and O–H groups in total. The van der Waals surface area contributed by atoms with Crippen LogP contribution in [0.2, 0.25) is 0 Å². The lowest BCUT2D eigenvalue weighted by molar-refractivity contribution is -0.111. The first-order valence-electron chi connectivity index (χ1n) is 3.28. The van der Waals surface area contributed by atoms with Crippen molar-refractivity contribution in [2.75, 3.05) is 11.9 Å². The number of rotatable bonds is 3. The van der Waals surface area contributed by atoms with Crippen LogP contribution in [0.5, 0.6) is 0 Å². The van der Waals surface area contributed by atoms with Crippen molar-refractivity contribution >= 4 is 22.4 Å². The van der Waals surface area contributed by atoms with Crippen molar-refractivity contribution in [3.05, 3.63) is 18.3 Å². The van der Waals surface area contributed by atoms with Gasteiger partial charge < -0.3 is 11.1 Å². The average molecular weight is 184 g/mol. The van der Waals surface area contributed by atoms with E-state index in [9.17, 15) is 4.79 Å². The van der Waals surface area contributed by atoms with Crippen LogP contribution in [0.25, 0.3) is 0 Å². The quantitative estimate of drug-likeness (QED) is 0.647. The zero-order valence-corrected chi connectivity index (χ0v) is 7.04. The third kappa shape index (κ3) is 2.77. The van der Waals surface area contributed by atoms with Gasteiger partial charge in [0.15, 0.2) is 0 Å². The fourth-order valence-corrected chi connectivity index (χ4v) is 0.983. The van der Waals surface area contributed by atoms with Crippen LogP contribution in [0.4, 0.5) is 5.00 Å². The lowest BCUT2D eigenvalue weighted by atomic mass is 10.5. The number of carbonyl (C=O) groups excluding carboxylic acids is 1. The molecule has 0 saturated carbocycles. The molecule has 6 heteroatoms. The van der Waals surface area contributed by atoms with E-state index in [0.29, 0.717) is 11.5 Å². The Morgan fingerprint density at radius 1 is 1.83 bits per heavy atom. The highest BCUT2D eigenvalue weighted by atomic mass is 32.1. The van der Waals surface area contributed by atoms with Crippen molar-refractivity contribution in [1.82, 2.24) is 9.59 Å². The zero-order chi connectivity index (χ0) is 8.81. The van der Waals surface area contributed by atoms with Gasteiger partial charge >= 0.3 is 0 Å². The van der Waals surface area contributed by atoms with Gasteiger partial charge in [0.1, 0.15) is 5.00 Å². The fraction of sp³-hybridized carbons (Fsp3) is 0.167. The summed E-state index contributed by atoms with van der Waals surface area (Å²) in [5.74, 6) is -0.216. The number of hydrogen-bond donors (Lipinski definition) is 2. The molecule has 12 heavy (non-hydrogen) atoms. The molecular formula is C6H8N4OS. The van der Waals surface area contributed by atoms with Gasteiger partial charge in [0, 0.05) is 24.2 Å². The van der Waals surface area contributed by atoms with Crippen LogP contribution in [0.3, 0.4) is 0 Å². The highest BCUT2D eigenvalue weighted by Gasteiger charge is 1.98. The van der Waals surface area contributed by atoms with Crippen LogP contribution in [0.15, 0.2) is 18.3 Å². The van der Waals surface area contributed by atoms with Gasteiger partial charge in [0.05, 0.1) is 6.20 Å². The maximum absolute atomic E-state index is 11.0. The van der Waals surface area contributed by atoms with E-state index in [-0.39, 0.29) is 5.91 Å². The predicted octanol–water partition coefficient (Wildman–Crippen LogP) is -0.00850. The summed E-state index contributed by atoms with van der Waals surface area (Å²) in [4.78, 5) is 11.0. The summed E-state index contributed by atoms with van der Waals surface area (Å²) in [5, 5.41) is 6.76. The van der Waals surface area contributed by atoms with Gasteiger partial charge in [-0.25, -0.2) is 0 Å². The number of nitrogens with zero attached hydrogens (tertiary/aromatic N) is 2. The van der Waals surface area contributed by atoms with Crippen molar-refractivity contribution < 1.29 is 4.79 Å².